The van der Waals surface area contributed by atoms with Gasteiger partial charge in [0.2, 0.25) is 0 Å². The van der Waals surface area contributed by atoms with Gasteiger partial charge in [-0.25, -0.2) is 0 Å². The summed E-state index contributed by atoms with van der Waals surface area (Å²) in [5, 5.41) is 11.0. The highest BCUT2D eigenvalue weighted by Gasteiger charge is 2.27. The second-order valence-electron chi connectivity index (χ2n) is 5.21. The normalized spacial score (nSPS) is 19.2. The molecule has 0 saturated carbocycles. The van der Waals surface area contributed by atoms with E-state index in [0.717, 1.165) is 19.4 Å². The molecule has 1 fully saturated rings. The van der Waals surface area contributed by atoms with Crippen LogP contribution in [-0.2, 0) is 16.1 Å². The van der Waals surface area contributed by atoms with Gasteiger partial charge in [0.05, 0.1) is 17.4 Å². The molecule has 0 N–H and O–H groups in total. The van der Waals surface area contributed by atoms with Crippen molar-refractivity contribution in [2.75, 3.05) is 19.7 Å². The number of nitro benzene ring substituents is 1. The number of piperidine rings is 1. The first-order valence-corrected chi connectivity index (χ1v) is 7.23. The number of carbonyl (C=O) groups excluding carboxylic acids is 1. The van der Waals surface area contributed by atoms with Crippen LogP contribution in [-0.4, -0.2) is 35.5 Å². The molecule has 0 aromatic heterocycles. The van der Waals surface area contributed by atoms with Crippen molar-refractivity contribution in [3.63, 3.8) is 0 Å². The molecule has 0 amide bonds. The third-order valence-electron chi connectivity index (χ3n) is 3.71. The van der Waals surface area contributed by atoms with E-state index in [1.165, 1.54) is 6.07 Å². The molecule has 1 aliphatic rings. The number of rotatable bonds is 5. The maximum Gasteiger partial charge on any atom is 0.310 e. The minimum Gasteiger partial charge on any atom is -0.466 e. The third-order valence-corrected chi connectivity index (χ3v) is 3.71. The summed E-state index contributed by atoms with van der Waals surface area (Å²) < 4.78 is 5.07. The first kappa shape index (κ1) is 15.4. The highest BCUT2D eigenvalue weighted by atomic mass is 16.6. The number of nitro groups is 1. The zero-order chi connectivity index (χ0) is 15.2. The summed E-state index contributed by atoms with van der Waals surface area (Å²) in [6.45, 7) is 4.13. The van der Waals surface area contributed by atoms with Crippen LogP contribution in [0.1, 0.15) is 25.3 Å². The number of nitrogens with zero attached hydrogens (tertiary/aromatic N) is 2. The highest BCUT2D eigenvalue weighted by molar-refractivity contribution is 5.72. The molecule has 1 aromatic rings. The van der Waals surface area contributed by atoms with Crippen LogP contribution < -0.4 is 0 Å². The van der Waals surface area contributed by atoms with Crippen LogP contribution in [0.5, 0.6) is 0 Å². The lowest BCUT2D eigenvalue weighted by Gasteiger charge is -2.31. The van der Waals surface area contributed by atoms with Gasteiger partial charge in [-0.2, -0.15) is 0 Å². The molecule has 6 heteroatoms. The van der Waals surface area contributed by atoms with Crippen molar-refractivity contribution in [2.24, 2.45) is 5.92 Å². The Hall–Kier alpha value is -1.95. The molecular formula is C15H20N2O4. The second kappa shape index (κ2) is 7.17. The van der Waals surface area contributed by atoms with Gasteiger partial charge >= 0.3 is 5.97 Å². The number of esters is 1. The molecule has 0 spiro atoms. The summed E-state index contributed by atoms with van der Waals surface area (Å²) in [7, 11) is 0. The van der Waals surface area contributed by atoms with E-state index in [1.54, 1.807) is 25.1 Å². The fourth-order valence-corrected chi connectivity index (χ4v) is 2.72. The molecule has 21 heavy (non-hydrogen) atoms. The number of benzene rings is 1. The Balaban J connectivity index is 2.03. The van der Waals surface area contributed by atoms with Gasteiger partial charge in [0.15, 0.2) is 0 Å². The molecule has 0 radical (unpaired) electrons. The number of hydrogen-bond donors (Lipinski definition) is 0. The van der Waals surface area contributed by atoms with Gasteiger partial charge in [0, 0.05) is 24.7 Å². The van der Waals surface area contributed by atoms with Crippen molar-refractivity contribution in [2.45, 2.75) is 26.3 Å². The molecule has 0 aliphatic carbocycles. The summed E-state index contributed by atoms with van der Waals surface area (Å²) in [6.07, 6.45) is 1.73. The number of para-hydroxylation sites is 1. The molecular weight excluding hydrogens is 272 g/mol. The van der Waals surface area contributed by atoms with Crippen molar-refractivity contribution in [1.82, 2.24) is 4.90 Å². The van der Waals surface area contributed by atoms with Gasteiger partial charge in [0.1, 0.15) is 0 Å². The van der Waals surface area contributed by atoms with E-state index < -0.39 is 0 Å². The Labute approximate surface area is 123 Å². The molecule has 114 valence electrons. The molecule has 0 bridgehead atoms. The Morgan fingerprint density at radius 3 is 2.95 bits per heavy atom. The minimum absolute atomic E-state index is 0.124. The smallest absolute Gasteiger partial charge is 0.310 e. The van der Waals surface area contributed by atoms with Crippen molar-refractivity contribution in [3.05, 3.63) is 39.9 Å². The topological polar surface area (TPSA) is 72.7 Å². The largest absolute Gasteiger partial charge is 0.466 e. The maximum absolute atomic E-state index is 11.8. The van der Waals surface area contributed by atoms with Crippen molar-refractivity contribution in [1.29, 1.82) is 0 Å². The SMILES string of the molecule is CCOC(=O)[C@H]1CCCN(Cc2ccccc2[N+](=O)[O-])C1. The van der Waals surface area contributed by atoms with Crippen molar-refractivity contribution in [3.8, 4) is 0 Å². The quantitative estimate of drug-likeness (QED) is 0.473. The van der Waals surface area contributed by atoms with E-state index in [0.29, 0.717) is 25.3 Å². The summed E-state index contributed by atoms with van der Waals surface area (Å²) >= 11 is 0. The third kappa shape index (κ3) is 4.01. The van der Waals surface area contributed by atoms with Crippen LogP contribution in [0.3, 0.4) is 0 Å². The predicted octanol–water partition coefficient (Wildman–Crippen LogP) is 2.37. The lowest BCUT2D eigenvalue weighted by Crippen LogP contribution is -2.39. The lowest BCUT2D eigenvalue weighted by atomic mass is 9.97. The van der Waals surface area contributed by atoms with Gasteiger partial charge in [-0.3, -0.25) is 19.8 Å². The van der Waals surface area contributed by atoms with Crippen LogP contribution in [0.4, 0.5) is 5.69 Å². The summed E-state index contributed by atoms with van der Waals surface area (Å²) in [5.74, 6) is -0.286. The zero-order valence-corrected chi connectivity index (χ0v) is 12.2. The monoisotopic (exact) mass is 292 g/mol. The molecule has 1 heterocycles. The first-order chi connectivity index (χ1) is 10.1. The van der Waals surface area contributed by atoms with E-state index in [-0.39, 0.29) is 22.5 Å². The number of likely N-dealkylation sites (tertiary alicyclic amines) is 1. The summed E-state index contributed by atoms with van der Waals surface area (Å²) in [4.78, 5) is 24.6. The first-order valence-electron chi connectivity index (χ1n) is 7.23. The zero-order valence-electron chi connectivity index (χ0n) is 12.2. The predicted molar refractivity (Wildman–Crippen MR) is 77.7 cm³/mol. The molecule has 1 aromatic carbocycles. The fourth-order valence-electron chi connectivity index (χ4n) is 2.72. The van der Waals surface area contributed by atoms with Gasteiger partial charge in [-0.15, -0.1) is 0 Å². The van der Waals surface area contributed by atoms with Crippen LogP contribution in [0, 0.1) is 16.0 Å². The average Bonchev–Trinajstić information content (AvgIpc) is 2.48. The molecule has 0 unspecified atom stereocenters. The van der Waals surface area contributed by atoms with Crippen molar-refractivity contribution >= 4 is 11.7 Å². The second-order valence-corrected chi connectivity index (χ2v) is 5.21. The maximum atomic E-state index is 11.8. The van der Waals surface area contributed by atoms with E-state index in [4.69, 9.17) is 4.74 Å². The Morgan fingerprint density at radius 2 is 2.24 bits per heavy atom. The summed E-state index contributed by atoms with van der Waals surface area (Å²) in [6, 6.07) is 6.75. The standard InChI is InChI=1S/C15H20N2O4/c1-2-21-15(18)13-7-5-9-16(11-13)10-12-6-3-4-8-14(12)17(19)20/h3-4,6,8,13H,2,5,7,9-11H2,1H3/t13-/m0/s1. The Kier molecular flexibility index (Phi) is 5.27. The van der Waals surface area contributed by atoms with E-state index in [9.17, 15) is 14.9 Å². The Bertz CT molecular complexity index is 518. The fraction of sp³-hybridized carbons (Fsp3) is 0.533. The van der Waals surface area contributed by atoms with Crippen LogP contribution >= 0.6 is 0 Å². The molecule has 6 nitrogen and oxygen atoms in total. The highest BCUT2D eigenvalue weighted by Crippen LogP contribution is 2.24. The van der Waals surface area contributed by atoms with Gasteiger partial charge in [0.25, 0.3) is 5.69 Å². The average molecular weight is 292 g/mol. The molecule has 1 aliphatic heterocycles. The van der Waals surface area contributed by atoms with E-state index in [1.807, 2.05) is 0 Å². The van der Waals surface area contributed by atoms with E-state index in [2.05, 4.69) is 4.90 Å². The number of carbonyl (C=O) groups is 1. The van der Waals surface area contributed by atoms with Crippen molar-refractivity contribution < 1.29 is 14.5 Å². The number of hydrogen-bond acceptors (Lipinski definition) is 5. The molecule has 1 saturated heterocycles. The van der Waals surface area contributed by atoms with Crippen LogP contribution in [0.25, 0.3) is 0 Å². The summed E-state index contributed by atoms with van der Waals surface area (Å²) in [5.41, 5.74) is 0.822. The molecule has 2 rings (SSSR count). The van der Waals surface area contributed by atoms with Gasteiger partial charge in [-0.1, -0.05) is 18.2 Å². The van der Waals surface area contributed by atoms with Gasteiger partial charge in [-0.05, 0) is 26.3 Å². The number of ether oxygens (including phenoxy) is 1. The van der Waals surface area contributed by atoms with Crippen LogP contribution in [0.2, 0.25) is 0 Å². The van der Waals surface area contributed by atoms with Crippen LogP contribution in [0.15, 0.2) is 24.3 Å². The van der Waals surface area contributed by atoms with E-state index >= 15 is 0 Å². The Morgan fingerprint density at radius 1 is 1.48 bits per heavy atom. The lowest BCUT2D eigenvalue weighted by molar-refractivity contribution is -0.385. The minimum atomic E-state index is -0.359. The van der Waals surface area contributed by atoms with Gasteiger partial charge < -0.3 is 4.74 Å². The molecule has 1 atom stereocenters.